The van der Waals surface area contributed by atoms with E-state index < -0.39 is 0 Å². The van der Waals surface area contributed by atoms with Gasteiger partial charge in [-0.25, -0.2) is 0 Å². The van der Waals surface area contributed by atoms with Crippen molar-refractivity contribution in [3.8, 4) is 0 Å². The Morgan fingerprint density at radius 1 is 1.56 bits per heavy atom. The van der Waals surface area contributed by atoms with Crippen LogP contribution < -0.4 is 11.1 Å². The maximum atomic E-state index is 6.16. The van der Waals surface area contributed by atoms with Crippen molar-refractivity contribution >= 4 is 11.3 Å². The van der Waals surface area contributed by atoms with E-state index in [0.717, 1.165) is 13.1 Å². The van der Waals surface area contributed by atoms with Gasteiger partial charge in [0.2, 0.25) is 0 Å². The first-order valence-corrected chi connectivity index (χ1v) is 6.93. The van der Waals surface area contributed by atoms with Crippen molar-refractivity contribution in [1.82, 2.24) is 5.32 Å². The van der Waals surface area contributed by atoms with Crippen molar-refractivity contribution in [1.29, 1.82) is 0 Å². The Bertz CT molecular complexity index is 347. The van der Waals surface area contributed by atoms with Gasteiger partial charge in [0.05, 0.1) is 0 Å². The lowest BCUT2D eigenvalue weighted by atomic mass is 9.85. The molecule has 1 aromatic heterocycles. The highest BCUT2D eigenvalue weighted by atomic mass is 32.1. The molecule has 0 aliphatic heterocycles. The molecular formula is C13H22N2S. The average Bonchev–Trinajstić information content (AvgIpc) is 2.76. The zero-order valence-corrected chi connectivity index (χ0v) is 11.1. The van der Waals surface area contributed by atoms with E-state index in [2.05, 4.69) is 31.3 Å². The molecule has 2 nitrogen and oxygen atoms in total. The molecule has 1 aliphatic rings. The van der Waals surface area contributed by atoms with E-state index in [4.69, 9.17) is 5.73 Å². The molecule has 0 bridgehead atoms. The van der Waals surface area contributed by atoms with Crippen LogP contribution in [0.1, 0.15) is 35.9 Å². The molecule has 0 saturated heterocycles. The molecular weight excluding hydrogens is 216 g/mol. The first-order valence-electron chi connectivity index (χ1n) is 6.12. The van der Waals surface area contributed by atoms with Crippen LogP contribution in [0.3, 0.4) is 0 Å². The first kappa shape index (κ1) is 12.1. The second-order valence-electron chi connectivity index (χ2n) is 5.27. The minimum atomic E-state index is 0.312. The van der Waals surface area contributed by atoms with Gasteiger partial charge in [-0.15, -0.1) is 11.3 Å². The lowest BCUT2D eigenvalue weighted by Crippen LogP contribution is -2.42. The van der Waals surface area contributed by atoms with Gasteiger partial charge >= 0.3 is 0 Å². The molecule has 0 radical (unpaired) electrons. The third kappa shape index (κ3) is 2.65. The van der Waals surface area contributed by atoms with Crippen molar-refractivity contribution in [3.05, 3.63) is 21.9 Å². The zero-order valence-electron chi connectivity index (χ0n) is 10.3. The number of thiophene rings is 1. The van der Waals surface area contributed by atoms with Gasteiger partial charge in [-0.3, -0.25) is 0 Å². The van der Waals surface area contributed by atoms with E-state index in [-0.39, 0.29) is 0 Å². The van der Waals surface area contributed by atoms with E-state index in [0.29, 0.717) is 11.5 Å². The summed E-state index contributed by atoms with van der Waals surface area (Å²) < 4.78 is 0. The highest BCUT2D eigenvalue weighted by Crippen LogP contribution is 2.35. The molecule has 16 heavy (non-hydrogen) atoms. The topological polar surface area (TPSA) is 38.0 Å². The van der Waals surface area contributed by atoms with E-state index in [1.807, 2.05) is 11.3 Å². The van der Waals surface area contributed by atoms with Crippen molar-refractivity contribution in [2.75, 3.05) is 6.54 Å². The Morgan fingerprint density at radius 3 is 2.94 bits per heavy atom. The van der Waals surface area contributed by atoms with Crippen LogP contribution >= 0.6 is 11.3 Å². The maximum Gasteiger partial charge on any atom is 0.0300 e. The van der Waals surface area contributed by atoms with Gasteiger partial charge in [0.25, 0.3) is 0 Å². The minimum absolute atomic E-state index is 0.312. The molecule has 2 unspecified atom stereocenters. The van der Waals surface area contributed by atoms with Crippen LogP contribution in [0.2, 0.25) is 0 Å². The summed E-state index contributed by atoms with van der Waals surface area (Å²) >= 11 is 1.88. The van der Waals surface area contributed by atoms with Crippen molar-refractivity contribution in [3.63, 3.8) is 0 Å². The van der Waals surface area contributed by atoms with Crippen LogP contribution in [-0.4, -0.2) is 12.6 Å². The third-order valence-corrected chi connectivity index (χ3v) is 4.78. The standard InChI is InChI=1S/C13H22N2S/c1-10-5-6-11(16-10)8-15-9-13(2)7-3-4-12(13)14/h5-6,12,15H,3-4,7-9,14H2,1-2H3. The number of rotatable bonds is 4. The summed E-state index contributed by atoms with van der Waals surface area (Å²) in [6, 6.07) is 4.78. The Morgan fingerprint density at radius 2 is 2.38 bits per heavy atom. The molecule has 1 heterocycles. The average molecular weight is 238 g/mol. The SMILES string of the molecule is Cc1ccc(CNCC2(C)CCCC2N)s1. The van der Waals surface area contributed by atoms with Crippen LogP contribution in [0.5, 0.6) is 0 Å². The molecule has 3 N–H and O–H groups in total. The number of nitrogens with one attached hydrogen (secondary N) is 1. The minimum Gasteiger partial charge on any atom is -0.327 e. The molecule has 1 fully saturated rings. The van der Waals surface area contributed by atoms with Gasteiger partial charge in [-0.2, -0.15) is 0 Å². The summed E-state index contributed by atoms with van der Waals surface area (Å²) in [4.78, 5) is 2.81. The summed E-state index contributed by atoms with van der Waals surface area (Å²) in [5.74, 6) is 0. The third-order valence-electron chi connectivity index (χ3n) is 3.78. The normalized spacial score (nSPS) is 29.8. The second-order valence-corrected chi connectivity index (χ2v) is 6.64. The van der Waals surface area contributed by atoms with Crippen LogP contribution in [0.4, 0.5) is 0 Å². The number of hydrogen-bond donors (Lipinski definition) is 2. The Balaban J connectivity index is 1.79. The van der Waals surface area contributed by atoms with Gasteiger partial charge in [-0.05, 0) is 37.3 Å². The molecule has 0 spiro atoms. The van der Waals surface area contributed by atoms with Crippen molar-refractivity contribution in [2.45, 2.75) is 45.7 Å². The molecule has 1 aliphatic carbocycles. The second kappa shape index (κ2) is 4.86. The van der Waals surface area contributed by atoms with Gasteiger partial charge < -0.3 is 11.1 Å². The monoisotopic (exact) mass is 238 g/mol. The lowest BCUT2D eigenvalue weighted by molar-refractivity contribution is 0.277. The first-order chi connectivity index (χ1) is 7.60. The highest BCUT2D eigenvalue weighted by molar-refractivity contribution is 7.11. The highest BCUT2D eigenvalue weighted by Gasteiger charge is 2.35. The van der Waals surface area contributed by atoms with Gasteiger partial charge in [0, 0.05) is 28.9 Å². The summed E-state index contributed by atoms with van der Waals surface area (Å²) in [5.41, 5.74) is 6.47. The van der Waals surface area contributed by atoms with Crippen molar-refractivity contribution in [2.24, 2.45) is 11.1 Å². The molecule has 3 heteroatoms. The molecule has 2 rings (SSSR count). The van der Waals surface area contributed by atoms with Gasteiger partial charge in [0.1, 0.15) is 0 Å². The fraction of sp³-hybridized carbons (Fsp3) is 0.692. The predicted octanol–water partition coefficient (Wildman–Crippen LogP) is 2.66. The van der Waals surface area contributed by atoms with Gasteiger partial charge in [0.15, 0.2) is 0 Å². The quantitative estimate of drug-likeness (QED) is 0.846. The number of nitrogens with two attached hydrogens (primary N) is 1. The summed E-state index contributed by atoms with van der Waals surface area (Å²) in [5, 5.41) is 3.56. The van der Waals surface area contributed by atoms with Crippen LogP contribution in [0.25, 0.3) is 0 Å². The summed E-state index contributed by atoms with van der Waals surface area (Å²) in [6.45, 7) is 6.51. The van der Waals surface area contributed by atoms with E-state index in [1.165, 1.54) is 29.0 Å². The predicted molar refractivity (Wildman–Crippen MR) is 70.7 cm³/mol. The molecule has 1 aromatic rings. The summed E-state index contributed by atoms with van der Waals surface area (Å²) in [7, 11) is 0. The largest absolute Gasteiger partial charge is 0.327 e. The smallest absolute Gasteiger partial charge is 0.0300 e. The molecule has 90 valence electrons. The fourth-order valence-corrected chi connectivity index (χ4v) is 3.39. The lowest BCUT2D eigenvalue weighted by Gasteiger charge is -2.29. The van der Waals surface area contributed by atoms with E-state index in [9.17, 15) is 0 Å². The molecule has 2 atom stereocenters. The van der Waals surface area contributed by atoms with Crippen LogP contribution in [0, 0.1) is 12.3 Å². The van der Waals surface area contributed by atoms with Crippen LogP contribution in [-0.2, 0) is 6.54 Å². The van der Waals surface area contributed by atoms with E-state index in [1.54, 1.807) is 0 Å². The summed E-state index contributed by atoms with van der Waals surface area (Å²) in [6.07, 6.45) is 3.75. The number of hydrogen-bond acceptors (Lipinski definition) is 3. The Hall–Kier alpha value is -0.380. The van der Waals surface area contributed by atoms with Gasteiger partial charge in [-0.1, -0.05) is 13.3 Å². The maximum absolute atomic E-state index is 6.16. The van der Waals surface area contributed by atoms with E-state index >= 15 is 0 Å². The Kier molecular flexibility index (Phi) is 3.67. The van der Waals surface area contributed by atoms with Crippen LogP contribution in [0.15, 0.2) is 12.1 Å². The number of aryl methyl sites for hydroxylation is 1. The zero-order chi connectivity index (χ0) is 11.6. The molecule has 0 aromatic carbocycles. The molecule has 0 amide bonds. The fourth-order valence-electron chi connectivity index (χ4n) is 2.53. The van der Waals surface area contributed by atoms with Crippen molar-refractivity contribution < 1.29 is 0 Å². The Labute approximate surface area is 102 Å². The molecule has 1 saturated carbocycles.